The van der Waals surface area contributed by atoms with E-state index in [1.807, 2.05) is 24.3 Å². The second kappa shape index (κ2) is 4.99. The van der Waals surface area contributed by atoms with Gasteiger partial charge in [-0.3, -0.25) is 0 Å². The molecule has 94 valence electrons. The summed E-state index contributed by atoms with van der Waals surface area (Å²) in [5, 5.41) is 12.4. The van der Waals surface area contributed by atoms with Gasteiger partial charge in [0.1, 0.15) is 17.6 Å². The van der Waals surface area contributed by atoms with Crippen molar-refractivity contribution < 1.29 is 4.74 Å². The molecule has 1 aliphatic heterocycles. The largest absolute Gasteiger partial charge is 0.493 e. The lowest BCUT2D eigenvalue weighted by Crippen LogP contribution is -2.21. The number of pyridine rings is 1. The zero-order chi connectivity index (χ0) is 13.1. The first-order valence-corrected chi connectivity index (χ1v) is 6.22. The van der Waals surface area contributed by atoms with Gasteiger partial charge in [0.15, 0.2) is 0 Å². The fraction of sp³-hybridized carbons (Fsp3) is 0.200. The van der Waals surface area contributed by atoms with E-state index in [0.29, 0.717) is 18.0 Å². The molecule has 0 saturated carbocycles. The van der Waals surface area contributed by atoms with Crippen LogP contribution in [0.15, 0.2) is 42.6 Å². The zero-order valence-corrected chi connectivity index (χ0v) is 10.3. The second-order valence-corrected chi connectivity index (χ2v) is 4.38. The molecule has 1 aliphatic rings. The Morgan fingerprint density at radius 2 is 2.16 bits per heavy atom. The minimum atomic E-state index is 0.131. The number of aromatic nitrogens is 1. The minimum Gasteiger partial charge on any atom is -0.493 e. The molecule has 0 spiro atoms. The lowest BCUT2D eigenvalue weighted by atomic mass is 10.0. The van der Waals surface area contributed by atoms with Crippen LogP contribution >= 0.6 is 0 Å². The fourth-order valence-corrected chi connectivity index (χ4v) is 2.27. The number of hydrogen-bond acceptors (Lipinski definition) is 4. The van der Waals surface area contributed by atoms with Crippen LogP contribution in [-0.2, 0) is 0 Å². The highest BCUT2D eigenvalue weighted by Gasteiger charge is 2.21. The van der Waals surface area contributed by atoms with Crippen LogP contribution in [0.5, 0.6) is 5.75 Å². The van der Waals surface area contributed by atoms with Crippen LogP contribution in [0, 0.1) is 11.3 Å². The van der Waals surface area contributed by atoms with Gasteiger partial charge in [-0.25, -0.2) is 4.98 Å². The van der Waals surface area contributed by atoms with Gasteiger partial charge in [-0.2, -0.15) is 5.26 Å². The molecule has 1 aromatic carbocycles. The molecule has 0 aliphatic carbocycles. The minimum absolute atomic E-state index is 0.131. The van der Waals surface area contributed by atoms with E-state index in [1.54, 1.807) is 18.3 Å². The Kier molecular flexibility index (Phi) is 3.03. The van der Waals surface area contributed by atoms with Crippen LogP contribution in [0.2, 0.25) is 0 Å². The Labute approximate surface area is 111 Å². The Morgan fingerprint density at radius 1 is 1.26 bits per heavy atom. The SMILES string of the molecule is N#Cc1cccnc1N[C@@H]1CCOc2ccccc21. The van der Waals surface area contributed by atoms with Gasteiger partial charge in [-0.05, 0) is 18.2 Å². The first kappa shape index (κ1) is 11.5. The van der Waals surface area contributed by atoms with Gasteiger partial charge in [-0.1, -0.05) is 18.2 Å². The average molecular weight is 251 g/mol. The molecule has 3 rings (SSSR count). The third-order valence-corrected chi connectivity index (χ3v) is 3.20. The highest BCUT2D eigenvalue weighted by atomic mass is 16.5. The number of benzene rings is 1. The molecule has 19 heavy (non-hydrogen) atoms. The molecule has 0 bridgehead atoms. The number of hydrogen-bond donors (Lipinski definition) is 1. The van der Waals surface area contributed by atoms with Crippen LogP contribution in [0.4, 0.5) is 5.82 Å². The normalized spacial score (nSPS) is 16.9. The van der Waals surface area contributed by atoms with Crippen molar-refractivity contribution in [2.24, 2.45) is 0 Å². The van der Waals surface area contributed by atoms with E-state index < -0.39 is 0 Å². The highest BCUT2D eigenvalue weighted by molar-refractivity contribution is 5.53. The Bertz CT molecular complexity index is 633. The first-order chi connectivity index (χ1) is 9.38. The van der Waals surface area contributed by atoms with E-state index in [4.69, 9.17) is 10.00 Å². The van der Waals surface area contributed by atoms with Gasteiger partial charge in [0.05, 0.1) is 18.2 Å². The van der Waals surface area contributed by atoms with Gasteiger partial charge < -0.3 is 10.1 Å². The third-order valence-electron chi connectivity index (χ3n) is 3.20. The molecule has 1 aromatic heterocycles. The highest BCUT2D eigenvalue weighted by Crippen LogP contribution is 2.34. The Balaban J connectivity index is 1.91. The maximum atomic E-state index is 9.09. The van der Waals surface area contributed by atoms with Crippen LogP contribution in [0.1, 0.15) is 23.6 Å². The van der Waals surface area contributed by atoms with E-state index in [0.717, 1.165) is 17.7 Å². The quantitative estimate of drug-likeness (QED) is 0.891. The van der Waals surface area contributed by atoms with Gasteiger partial charge in [-0.15, -0.1) is 0 Å². The number of ether oxygens (including phenoxy) is 1. The van der Waals surface area contributed by atoms with Gasteiger partial charge >= 0.3 is 0 Å². The summed E-state index contributed by atoms with van der Waals surface area (Å²) in [5.41, 5.74) is 1.68. The van der Waals surface area contributed by atoms with Gasteiger partial charge in [0, 0.05) is 18.2 Å². The van der Waals surface area contributed by atoms with E-state index in [9.17, 15) is 0 Å². The van der Waals surface area contributed by atoms with E-state index in [-0.39, 0.29) is 6.04 Å². The number of nitrogens with zero attached hydrogens (tertiary/aromatic N) is 2. The van der Waals surface area contributed by atoms with Crippen molar-refractivity contribution in [3.05, 3.63) is 53.7 Å². The first-order valence-electron chi connectivity index (χ1n) is 6.22. The standard InChI is InChI=1S/C15H13N3O/c16-10-11-4-3-8-17-15(11)18-13-7-9-19-14-6-2-1-5-12(13)14/h1-6,8,13H,7,9H2,(H,17,18)/t13-/m1/s1. The van der Waals surface area contributed by atoms with Crippen molar-refractivity contribution in [3.8, 4) is 11.8 Å². The summed E-state index contributed by atoms with van der Waals surface area (Å²) in [6, 6.07) is 13.8. The maximum Gasteiger partial charge on any atom is 0.144 e. The van der Waals surface area contributed by atoms with E-state index >= 15 is 0 Å². The van der Waals surface area contributed by atoms with Crippen molar-refractivity contribution in [1.29, 1.82) is 5.26 Å². The molecule has 4 nitrogen and oxygen atoms in total. The molecule has 0 saturated heterocycles. The van der Waals surface area contributed by atoms with Crippen molar-refractivity contribution >= 4 is 5.82 Å². The molecular weight excluding hydrogens is 238 g/mol. The topological polar surface area (TPSA) is 57.9 Å². The third kappa shape index (κ3) is 2.23. The number of anilines is 1. The predicted molar refractivity (Wildman–Crippen MR) is 71.9 cm³/mol. The zero-order valence-electron chi connectivity index (χ0n) is 10.3. The molecule has 0 amide bonds. The molecule has 0 radical (unpaired) electrons. The predicted octanol–water partition coefficient (Wildman–Crippen LogP) is 2.89. The van der Waals surface area contributed by atoms with Crippen LogP contribution in [0.3, 0.4) is 0 Å². The summed E-state index contributed by atoms with van der Waals surface area (Å²) in [5.74, 6) is 1.53. The summed E-state index contributed by atoms with van der Waals surface area (Å²) in [6.45, 7) is 0.670. The van der Waals surface area contributed by atoms with Crippen LogP contribution in [-0.4, -0.2) is 11.6 Å². The summed E-state index contributed by atoms with van der Waals surface area (Å²) in [7, 11) is 0. The van der Waals surface area contributed by atoms with Crippen molar-refractivity contribution in [2.75, 3.05) is 11.9 Å². The Hall–Kier alpha value is -2.54. The molecular formula is C15H13N3O. The number of nitriles is 1. The van der Waals surface area contributed by atoms with Crippen molar-refractivity contribution in [3.63, 3.8) is 0 Å². The smallest absolute Gasteiger partial charge is 0.144 e. The van der Waals surface area contributed by atoms with Gasteiger partial charge in [0.2, 0.25) is 0 Å². The second-order valence-electron chi connectivity index (χ2n) is 4.38. The summed E-state index contributed by atoms with van der Waals surface area (Å²) < 4.78 is 5.62. The Morgan fingerprint density at radius 3 is 3.05 bits per heavy atom. The lowest BCUT2D eigenvalue weighted by Gasteiger charge is -2.27. The molecule has 2 heterocycles. The molecule has 2 aromatic rings. The molecule has 0 unspecified atom stereocenters. The molecule has 0 fully saturated rings. The number of fused-ring (bicyclic) bond motifs is 1. The number of rotatable bonds is 2. The summed E-state index contributed by atoms with van der Waals surface area (Å²) >= 11 is 0. The maximum absolute atomic E-state index is 9.09. The van der Waals surface area contributed by atoms with Crippen molar-refractivity contribution in [1.82, 2.24) is 4.98 Å². The fourth-order valence-electron chi connectivity index (χ4n) is 2.27. The molecule has 1 atom stereocenters. The van der Waals surface area contributed by atoms with Crippen LogP contribution < -0.4 is 10.1 Å². The summed E-state index contributed by atoms with van der Waals surface area (Å²) in [4.78, 5) is 4.24. The average Bonchev–Trinajstić information content (AvgIpc) is 2.48. The van der Waals surface area contributed by atoms with E-state index in [2.05, 4.69) is 16.4 Å². The molecule has 4 heteroatoms. The lowest BCUT2D eigenvalue weighted by molar-refractivity contribution is 0.274. The monoisotopic (exact) mass is 251 g/mol. The summed E-state index contributed by atoms with van der Waals surface area (Å²) in [6.07, 6.45) is 2.55. The molecule has 1 N–H and O–H groups in total. The number of para-hydroxylation sites is 1. The van der Waals surface area contributed by atoms with Gasteiger partial charge in [0.25, 0.3) is 0 Å². The number of nitrogens with one attached hydrogen (secondary N) is 1. The van der Waals surface area contributed by atoms with Crippen molar-refractivity contribution in [2.45, 2.75) is 12.5 Å². The van der Waals surface area contributed by atoms with Crippen LogP contribution in [0.25, 0.3) is 0 Å². The van der Waals surface area contributed by atoms with E-state index in [1.165, 1.54) is 0 Å².